The number of carbonyl (C=O) groups is 1. The van der Waals surface area contributed by atoms with Gasteiger partial charge in [-0.2, -0.15) is 21.6 Å². The number of hydrogen-bond donors (Lipinski definition) is 0. The number of ether oxygens (including phenoxy) is 1. The van der Waals surface area contributed by atoms with E-state index in [-0.39, 0.29) is 17.7 Å². The van der Waals surface area contributed by atoms with Crippen LogP contribution in [0.25, 0.3) is 0 Å². The summed E-state index contributed by atoms with van der Waals surface area (Å²) >= 11 is 0. The van der Waals surface area contributed by atoms with Crippen LogP contribution in [0.15, 0.2) is 24.3 Å². The zero-order valence-electron chi connectivity index (χ0n) is 11.9. The van der Waals surface area contributed by atoms with Gasteiger partial charge >= 0.3 is 12.1 Å². The Morgan fingerprint density at radius 2 is 1.77 bits per heavy atom. The van der Waals surface area contributed by atoms with Crippen LogP contribution in [-0.2, 0) is 19.0 Å². The van der Waals surface area contributed by atoms with Gasteiger partial charge < -0.3 is 4.74 Å². The predicted molar refractivity (Wildman–Crippen MR) is 71.7 cm³/mol. The minimum atomic E-state index is -4.60. The van der Waals surface area contributed by atoms with E-state index in [2.05, 4.69) is 4.18 Å². The topological polar surface area (TPSA) is 69.7 Å². The fourth-order valence-corrected chi connectivity index (χ4v) is 2.28. The molecule has 0 N–H and O–H groups in total. The lowest BCUT2D eigenvalue weighted by Gasteiger charge is -2.18. The molecule has 1 aromatic carbocycles. The zero-order chi connectivity index (χ0) is 17.0. The molecule has 0 aliphatic carbocycles. The van der Waals surface area contributed by atoms with Gasteiger partial charge in [-0.3, -0.25) is 4.18 Å². The third-order valence-electron chi connectivity index (χ3n) is 2.50. The van der Waals surface area contributed by atoms with Gasteiger partial charge in [-0.05, 0) is 24.6 Å². The first-order valence-electron chi connectivity index (χ1n) is 6.24. The fraction of sp³-hybridized carbons (Fsp3) is 0.462. The molecule has 5 nitrogen and oxygen atoms in total. The molecule has 0 aliphatic heterocycles. The Morgan fingerprint density at radius 1 is 1.23 bits per heavy atom. The van der Waals surface area contributed by atoms with E-state index in [1.54, 1.807) is 6.92 Å². The highest BCUT2D eigenvalue weighted by Gasteiger charge is 2.35. The van der Waals surface area contributed by atoms with Gasteiger partial charge in [0.25, 0.3) is 10.1 Å². The average Bonchev–Trinajstić information content (AvgIpc) is 2.35. The van der Waals surface area contributed by atoms with Crippen LogP contribution in [-0.4, -0.2) is 33.4 Å². The van der Waals surface area contributed by atoms with E-state index in [9.17, 15) is 26.4 Å². The van der Waals surface area contributed by atoms with Crippen molar-refractivity contribution in [2.75, 3.05) is 12.9 Å². The Kier molecular flexibility index (Phi) is 5.95. The largest absolute Gasteiger partial charge is 0.462 e. The number of rotatable bonds is 6. The first kappa shape index (κ1) is 18.4. The van der Waals surface area contributed by atoms with Crippen LogP contribution in [0, 0.1) is 0 Å². The van der Waals surface area contributed by atoms with E-state index >= 15 is 0 Å². The van der Waals surface area contributed by atoms with E-state index in [4.69, 9.17) is 4.74 Å². The van der Waals surface area contributed by atoms with Crippen molar-refractivity contribution in [2.45, 2.75) is 25.6 Å². The highest BCUT2D eigenvalue weighted by molar-refractivity contribution is 7.86. The third kappa shape index (κ3) is 6.44. The Balaban J connectivity index is 3.02. The van der Waals surface area contributed by atoms with Crippen LogP contribution in [0.3, 0.4) is 0 Å². The average molecular weight is 340 g/mol. The van der Waals surface area contributed by atoms with Gasteiger partial charge in [0.15, 0.2) is 0 Å². The molecule has 124 valence electrons. The van der Waals surface area contributed by atoms with E-state index in [1.165, 1.54) is 24.3 Å². The van der Waals surface area contributed by atoms with Crippen molar-refractivity contribution >= 4 is 16.1 Å². The monoisotopic (exact) mass is 340 g/mol. The first-order chi connectivity index (χ1) is 10.0. The lowest BCUT2D eigenvalue weighted by atomic mass is 10.0. The Labute approximate surface area is 126 Å². The molecular weight excluding hydrogens is 325 g/mol. The van der Waals surface area contributed by atoms with Gasteiger partial charge in [0.05, 0.1) is 24.8 Å². The second kappa shape index (κ2) is 7.10. The molecule has 1 unspecified atom stereocenters. The summed E-state index contributed by atoms with van der Waals surface area (Å²) in [4.78, 5) is 11.5. The fourth-order valence-electron chi connectivity index (χ4n) is 1.68. The van der Waals surface area contributed by atoms with Crippen LogP contribution in [0.1, 0.15) is 35.4 Å². The summed E-state index contributed by atoms with van der Waals surface area (Å²) in [5.41, 5.74) is 0.145. The molecule has 0 amide bonds. The summed E-state index contributed by atoms with van der Waals surface area (Å²) in [6.07, 6.45) is -7.09. The quantitative estimate of drug-likeness (QED) is 0.588. The number of halogens is 3. The molecule has 0 saturated carbocycles. The normalized spacial score (nSPS) is 13.7. The van der Waals surface area contributed by atoms with Crippen molar-refractivity contribution in [3.05, 3.63) is 35.4 Å². The maximum Gasteiger partial charge on any atom is 0.391 e. The van der Waals surface area contributed by atoms with Crippen LogP contribution in [0.5, 0.6) is 0 Å². The van der Waals surface area contributed by atoms with Crippen molar-refractivity contribution < 1.29 is 35.3 Å². The molecule has 0 aromatic heterocycles. The third-order valence-corrected chi connectivity index (χ3v) is 3.08. The second-order valence-electron chi connectivity index (χ2n) is 4.45. The second-order valence-corrected chi connectivity index (χ2v) is 6.05. The van der Waals surface area contributed by atoms with Gasteiger partial charge in [0.2, 0.25) is 0 Å². The molecule has 0 saturated heterocycles. The molecule has 0 aliphatic rings. The Morgan fingerprint density at radius 3 is 2.18 bits per heavy atom. The standard InChI is InChI=1S/C13H15F3O5S/c1-3-20-12(17)10-6-4-9(5-7-10)11(8-13(14,15)16)21-22(2,18)19/h4-7,11H,3,8H2,1-2H3. The zero-order valence-corrected chi connectivity index (χ0v) is 12.7. The highest BCUT2D eigenvalue weighted by Crippen LogP contribution is 2.33. The van der Waals surface area contributed by atoms with Crippen molar-refractivity contribution in [1.82, 2.24) is 0 Å². The summed E-state index contributed by atoms with van der Waals surface area (Å²) in [5, 5.41) is 0. The van der Waals surface area contributed by atoms with E-state index < -0.39 is 34.8 Å². The molecule has 1 atom stereocenters. The molecule has 0 fully saturated rings. The predicted octanol–water partition coefficient (Wildman–Crippen LogP) is 2.83. The molecule has 0 radical (unpaired) electrons. The lowest BCUT2D eigenvalue weighted by Crippen LogP contribution is -2.19. The molecule has 1 aromatic rings. The number of alkyl halides is 3. The van der Waals surface area contributed by atoms with Gasteiger partial charge in [-0.25, -0.2) is 4.79 Å². The van der Waals surface area contributed by atoms with Crippen molar-refractivity contribution in [3.63, 3.8) is 0 Å². The molecule has 0 heterocycles. The van der Waals surface area contributed by atoms with Gasteiger partial charge in [0, 0.05) is 0 Å². The Bertz CT molecular complexity index is 608. The van der Waals surface area contributed by atoms with Gasteiger partial charge in [-0.1, -0.05) is 12.1 Å². The summed E-state index contributed by atoms with van der Waals surface area (Å²) < 4.78 is 69.0. The van der Waals surface area contributed by atoms with E-state index in [1.807, 2.05) is 0 Å². The van der Waals surface area contributed by atoms with Crippen LogP contribution in [0.4, 0.5) is 13.2 Å². The van der Waals surface area contributed by atoms with Crippen LogP contribution < -0.4 is 0 Å². The first-order valence-corrected chi connectivity index (χ1v) is 8.05. The minimum absolute atomic E-state index is 0.00389. The molecule has 1 rings (SSSR count). The lowest BCUT2D eigenvalue weighted by molar-refractivity contribution is -0.150. The van der Waals surface area contributed by atoms with Crippen molar-refractivity contribution in [1.29, 1.82) is 0 Å². The number of benzene rings is 1. The molecule has 9 heteroatoms. The van der Waals surface area contributed by atoms with Crippen molar-refractivity contribution in [3.8, 4) is 0 Å². The Hall–Kier alpha value is -1.61. The highest BCUT2D eigenvalue weighted by atomic mass is 32.2. The van der Waals surface area contributed by atoms with E-state index in [0.717, 1.165) is 0 Å². The van der Waals surface area contributed by atoms with Crippen molar-refractivity contribution in [2.24, 2.45) is 0 Å². The maximum atomic E-state index is 12.5. The van der Waals surface area contributed by atoms with Gasteiger partial charge in [0.1, 0.15) is 6.10 Å². The minimum Gasteiger partial charge on any atom is -0.462 e. The SMILES string of the molecule is CCOC(=O)c1ccc(C(CC(F)(F)F)OS(C)(=O)=O)cc1. The molecular formula is C13H15F3O5S. The van der Waals surface area contributed by atoms with Crippen LogP contribution >= 0.6 is 0 Å². The molecule has 0 bridgehead atoms. The van der Waals surface area contributed by atoms with Crippen LogP contribution in [0.2, 0.25) is 0 Å². The summed E-state index contributed by atoms with van der Waals surface area (Å²) in [5.74, 6) is -0.620. The van der Waals surface area contributed by atoms with Gasteiger partial charge in [-0.15, -0.1) is 0 Å². The smallest absolute Gasteiger partial charge is 0.391 e. The molecule has 0 spiro atoms. The maximum absolute atomic E-state index is 12.5. The number of carbonyl (C=O) groups excluding carboxylic acids is 1. The van der Waals surface area contributed by atoms with E-state index in [0.29, 0.717) is 6.26 Å². The summed E-state index contributed by atoms with van der Waals surface area (Å²) in [7, 11) is -4.07. The number of hydrogen-bond acceptors (Lipinski definition) is 5. The summed E-state index contributed by atoms with van der Waals surface area (Å²) in [6.45, 7) is 1.78. The molecule has 22 heavy (non-hydrogen) atoms. The number of esters is 1. The summed E-state index contributed by atoms with van der Waals surface area (Å²) in [6, 6.07) is 4.91.